The average molecular weight is 237 g/mol. The number of aliphatic hydroxyl groups excluding tert-OH is 1. The molecule has 0 aromatic carbocycles. The van der Waals surface area contributed by atoms with E-state index in [9.17, 15) is 5.11 Å². The highest BCUT2D eigenvalue weighted by atomic mass is 16.5. The quantitative estimate of drug-likeness (QED) is 0.868. The molecular formula is C13H19NO3. The standard InChI is InChI=1S/C13H19NO3/c1-9-3-6-13(12(7-15)14-9)16-8-11-5-4-10(2)17-11/h3,6,10-11,15H,4-5,7-8H2,1-2H3. The van der Waals surface area contributed by atoms with E-state index in [2.05, 4.69) is 11.9 Å². The second kappa shape index (κ2) is 5.47. The van der Waals surface area contributed by atoms with Crippen molar-refractivity contribution in [3.63, 3.8) is 0 Å². The molecule has 1 fully saturated rings. The molecule has 1 aliphatic heterocycles. The van der Waals surface area contributed by atoms with Gasteiger partial charge in [-0.1, -0.05) is 0 Å². The smallest absolute Gasteiger partial charge is 0.143 e. The summed E-state index contributed by atoms with van der Waals surface area (Å²) in [6, 6.07) is 3.74. The SMILES string of the molecule is Cc1ccc(OCC2CCC(C)O2)c(CO)n1. The highest BCUT2D eigenvalue weighted by Gasteiger charge is 2.22. The fourth-order valence-electron chi connectivity index (χ4n) is 2.03. The highest BCUT2D eigenvalue weighted by molar-refractivity contribution is 5.28. The van der Waals surface area contributed by atoms with Crippen molar-refractivity contribution in [3.8, 4) is 5.75 Å². The molecule has 0 spiro atoms. The summed E-state index contributed by atoms with van der Waals surface area (Å²) in [6.45, 7) is 4.40. The minimum atomic E-state index is -0.0983. The topological polar surface area (TPSA) is 51.6 Å². The van der Waals surface area contributed by atoms with Gasteiger partial charge in [-0.2, -0.15) is 0 Å². The molecule has 0 radical (unpaired) electrons. The van der Waals surface area contributed by atoms with Gasteiger partial charge in [0.05, 0.1) is 18.8 Å². The van der Waals surface area contributed by atoms with E-state index < -0.39 is 0 Å². The molecule has 1 aliphatic rings. The summed E-state index contributed by atoms with van der Waals surface area (Å²) >= 11 is 0. The molecule has 17 heavy (non-hydrogen) atoms. The maximum atomic E-state index is 9.20. The van der Waals surface area contributed by atoms with Gasteiger partial charge in [0.1, 0.15) is 18.1 Å². The molecule has 1 saturated heterocycles. The van der Waals surface area contributed by atoms with Crippen LogP contribution in [0.4, 0.5) is 0 Å². The van der Waals surface area contributed by atoms with Gasteiger partial charge in [-0.05, 0) is 38.8 Å². The number of nitrogens with zero attached hydrogens (tertiary/aromatic N) is 1. The van der Waals surface area contributed by atoms with E-state index in [4.69, 9.17) is 9.47 Å². The second-order valence-corrected chi connectivity index (χ2v) is 4.51. The molecule has 4 heteroatoms. The van der Waals surface area contributed by atoms with Crippen molar-refractivity contribution < 1.29 is 14.6 Å². The van der Waals surface area contributed by atoms with Crippen LogP contribution in [0.3, 0.4) is 0 Å². The lowest BCUT2D eigenvalue weighted by atomic mass is 10.2. The molecule has 0 amide bonds. The Kier molecular flexibility index (Phi) is 3.97. The van der Waals surface area contributed by atoms with Gasteiger partial charge < -0.3 is 14.6 Å². The average Bonchev–Trinajstić information content (AvgIpc) is 2.73. The van der Waals surface area contributed by atoms with E-state index >= 15 is 0 Å². The first-order valence-corrected chi connectivity index (χ1v) is 6.04. The van der Waals surface area contributed by atoms with Crippen molar-refractivity contribution in [3.05, 3.63) is 23.5 Å². The molecule has 2 unspecified atom stereocenters. The van der Waals surface area contributed by atoms with Crippen molar-refractivity contribution in [2.24, 2.45) is 0 Å². The van der Waals surface area contributed by atoms with Crippen LogP contribution >= 0.6 is 0 Å². The van der Waals surface area contributed by atoms with Gasteiger partial charge in [-0.15, -0.1) is 0 Å². The molecule has 4 nitrogen and oxygen atoms in total. The number of aryl methyl sites for hydroxylation is 1. The molecule has 1 aromatic rings. The Morgan fingerprint density at radius 1 is 1.47 bits per heavy atom. The second-order valence-electron chi connectivity index (χ2n) is 4.51. The van der Waals surface area contributed by atoms with Crippen molar-refractivity contribution in [2.45, 2.75) is 45.5 Å². The summed E-state index contributed by atoms with van der Waals surface area (Å²) in [7, 11) is 0. The van der Waals surface area contributed by atoms with Gasteiger partial charge in [0.15, 0.2) is 0 Å². The zero-order valence-corrected chi connectivity index (χ0v) is 10.3. The number of aliphatic hydroxyl groups is 1. The van der Waals surface area contributed by atoms with E-state index in [-0.39, 0.29) is 12.7 Å². The fraction of sp³-hybridized carbons (Fsp3) is 0.615. The summed E-state index contributed by atoms with van der Waals surface area (Å²) in [5.74, 6) is 0.654. The fourth-order valence-corrected chi connectivity index (χ4v) is 2.03. The Bertz CT molecular complexity index is 381. The number of rotatable bonds is 4. The number of aromatic nitrogens is 1. The molecule has 0 bridgehead atoms. The van der Waals surface area contributed by atoms with Crippen LogP contribution < -0.4 is 4.74 Å². The zero-order chi connectivity index (χ0) is 12.3. The van der Waals surface area contributed by atoms with E-state index in [0.29, 0.717) is 24.2 Å². The van der Waals surface area contributed by atoms with Crippen LogP contribution in [0.25, 0.3) is 0 Å². The molecule has 2 heterocycles. The Hall–Kier alpha value is -1.13. The third-order valence-corrected chi connectivity index (χ3v) is 2.97. The first-order valence-electron chi connectivity index (χ1n) is 6.04. The minimum absolute atomic E-state index is 0.0983. The Morgan fingerprint density at radius 2 is 2.29 bits per heavy atom. The molecule has 0 saturated carbocycles. The third-order valence-electron chi connectivity index (χ3n) is 2.97. The van der Waals surface area contributed by atoms with Crippen LogP contribution in [0.2, 0.25) is 0 Å². The van der Waals surface area contributed by atoms with Crippen LogP contribution in [0.5, 0.6) is 5.75 Å². The Labute approximate surface area is 102 Å². The summed E-state index contributed by atoms with van der Waals surface area (Å²) in [4.78, 5) is 4.24. The Morgan fingerprint density at radius 3 is 2.94 bits per heavy atom. The van der Waals surface area contributed by atoms with Crippen LogP contribution in [0.15, 0.2) is 12.1 Å². The summed E-state index contributed by atoms with van der Waals surface area (Å²) in [6.07, 6.45) is 2.62. The predicted molar refractivity (Wildman–Crippen MR) is 64.0 cm³/mol. The van der Waals surface area contributed by atoms with Crippen LogP contribution in [0.1, 0.15) is 31.2 Å². The van der Waals surface area contributed by atoms with Gasteiger partial charge in [-0.3, -0.25) is 4.98 Å². The largest absolute Gasteiger partial charge is 0.489 e. The van der Waals surface area contributed by atoms with E-state index in [1.54, 1.807) is 0 Å². The normalized spacial score (nSPS) is 23.9. The molecule has 1 aromatic heterocycles. The maximum absolute atomic E-state index is 9.20. The monoisotopic (exact) mass is 237 g/mol. The Balaban J connectivity index is 1.94. The van der Waals surface area contributed by atoms with E-state index in [1.807, 2.05) is 19.1 Å². The first-order chi connectivity index (χ1) is 8.19. The maximum Gasteiger partial charge on any atom is 0.143 e. The van der Waals surface area contributed by atoms with Crippen molar-refractivity contribution in [2.75, 3.05) is 6.61 Å². The van der Waals surface area contributed by atoms with Gasteiger partial charge in [-0.25, -0.2) is 0 Å². The van der Waals surface area contributed by atoms with Crippen LogP contribution in [-0.4, -0.2) is 28.9 Å². The van der Waals surface area contributed by atoms with Crippen molar-refractivity contribution >= 4 is 0 Å². The lowest BCUT2D eigenvalue weighted by molar-refractivity contribution is 0.0258. The summed E-state index contributed by atoms with van der Waals surface area (Å²) in [5, 5.41) is 9.20. The molecule has 2 atom stereocenters. The zero-order valence-electron chi connectivity index (χ0n) is 10.3. The number of hydrogen-bond donors (Lipinski definition) is 1. The number of ether oxygens (including phenoxy) is 2. The van der Waals surface area contributed by atoms with Gasteiger partial charge in [0, 0.05) is 5.69 Å². The molecule has 2 rings (SSSR count). The number of pyridine rings is 1. The molecular weight excluding hydrogens is 218 g/mol. The predicted octanol–water partition coefficient (Wildman–Crippen LogP) is 1.83. The molecule has 94 valence electrons. The van der Waals surface area contributed by atoms with Crippen molar-refractivity contribution in [1.29, 1.82) is 0 Å². The van der Waals surface area contributed by atoms with E-state index in [1.165, 1.54) is 0 Å². The lowest BCUT2D eigenvalue weighted by Gasteiger charge is -2.14. The van der Waals surface area contributed by atoms with E-state index in [0.717, 1.165) is 18.5 Å². The summed E-state index contributed by atoms with van der Waals surface area (Å²) < 4.78 is 11.3. The lowest BCUT2D eigenvalue weighted by Crippen LogP contribution is -2.18. The molecule has 1 N–H and O–H groups in total. The van der Waals surface area contributed by atoms with Gasteiger partial charge in [0.2, 0.25) is 0 Å². The number of hydrogen-bond acceptors (Lipinski definition) is 4. The first kappa shape index (κ1) is 12.3. The van der Waals surface area contributed by atoms with Crippen molar-refractivity contribution in [1.82, 2.24) is 4.98 Å². The summed E-state index contributed by atoms with van der Waals surface area (Å²) in [5.41, 5.74) is 1.48. The molecule has 0 aliphatic carbocycles. The van der Waals surface area contributed by atoms with Gasteiger partial charge >= 0.3 is 0 Å². The van der Waals surface area contributed by atoms with Crippen LogP contribution in [0, 0.1) is 6.92 Å². The van der Waals surface area contributed by atoms with Gasteiger partial charge in [0.25, 0.3) is 0 Å². The van der Waals surface area contributed by atoms with Crippen LogP contribution in [-0.2, 0) is 11.3 Å². The highest BCUT2D eigenvalue weighted by Crippen LogP contribution is 2.22. The third kappa shape index (κ3) is 3.17. The minimum Gasteiger partial charge on any atom is -0.489 e.